The van der Waals surface area contributed by atoms with Crippen molar-refractivity contribution in [1.82, 2.24) is 9.78 Å². The molecule has 2 rings (SSSR count). The molecule has 0 fully saturated rings. The van der Waals surface area contributed by atoms with Crippen LogP contribution in [-0.2, 0) is 11.3 Å². The Morgan fingerprint density at radius 3 is 2.44 bits per heavy atom. The fraction of sp³-hybridized carbons (Fsp3) is 0.412. The third-order valence-electron chi connectivity index (χ3n) is 3.96. The van der Waals surface area contributed by atoms with Gasteiger partial charge >= 0.3 is 5.69 Å². The first kappa shape index (κ1) is 18.4. The molecule has 0 spiro atoms. The van der Waals surface area contributed by atoms with E-state index in [1.54, 1.807) is 6.92 Å². The lowest BCUT2D eigenvalue weighted by atomic mass is 10.2. The van der Waals surface area contributed by atoms with Crippen LogP contribution in [-0.4, -0.2) is 33.7 Å². The molecule has 0 atom stereocenters. The van der Waals surface area contributed by atoms with Crippen LogP contribution in [0.15, 0.2) is 30.5 Å². The zero-order valence-electron chi connectivity index (χ0n) is 14.7. The Morgan fingerprint density at radius 1 is 1.28 bits per heavy atom. The number of anilines is 2. The summed E-state index contributed by atoms with van der Waals surface area (Å²) in [5, 5.41) is 17.7. The lowest BCUT2D eigenvalue weighted by Crippen LogP contribution is -2.21. The van der Waals surface area contributed by atoms with Gasteiger partial charge in [0.25, 0.3) is 0 Å². The number of amides is 1. The minimum Gasteiger partial charge on any atom is -0.372 e. The quantitative estimate of drug-likeness (QED) is 0.586. The van der Waals surface area contributed by atoms with Crippen LogP contribution in [0.5, 0.6) is 0 Å². The number of carbonyl (C=O) groups is 1. The van der Waals surface area contributed by atoms with Gasteiger partial charge in [0.15, 0.2) is 0 Å². The standard InChI is InChI=1S/C17H23N5O3/c1-4-20(5-2)15-8-6-14(7-9-15)18-17(23)10-11-21-12-16(22(24)25)13(3)19-21/h6-9,12H,4-5,10-11H2,1-3H3,(H,18,23). The van der Waals surface area contributed by atoms with Crippen molar-refractivity contribution in [1.29, 1.82) is 0 Å². The Bertz CT molecular complexity index is 735. The molecule has 8 nitrogen and oxygen atoms in total. The minimum absolute atomic E-state index is 0.0348. The normalized spacial score (nSPS) is 10.5. The van der Waals surface area contributed by atoms with Crippen molar-refractivity contribution in [3.05, 3.63) is 46.3 Å². The largest absolute Gasteiger partial charge is 0.372 e. The maximum atomic E-state index is 12.0. The summed E-state index contributed by atoms with van der Waals surface area (Å²) in [4.78, 5) is 24.6. The van der Waals surface area contributed by atoms with Gasteiger partial charge in [-0.3, -0.25) is 19.6 Å². The molecule has 1 N–H and O–H groups in total. The molecule has 2 aromatic rings. The first-order valence-electron chi connectivity index (χ1n) is 8.27. The van der Waals surface area contributed by atoms with Crippen molar-refractivity contribution in [3.63, 3.8) is 0 Å². The van der Waals surface area contributed by atoms with E-state index in [2.05, 4.69) is 29.2 Å². The number of aryl methyl sites for hydroxylation is 2. The molecule has 134 valence electrons. The van der Waals surface area contributed by atoms with Crippen LogP contribution in [0.3, 0.4) is 0 Å². The Morgan fingerprint density at radius 2 is 1.92 bits per heavy atom. The van der Waals surface area contributed by atoms with Crippen LogP contribution < -0.4 is 10.2 Å². The van der Waals surface area contributed by atoms with E-state index >= 15 is 0 Å². The highest BCUT2D eigenvalue weighted by atomic mass is 16.6. The van der Waals surface area contributed by atoms with Gasteiger partial charge in [-0.1, -0.05) is 0 Å². The maximum Gasteiger partial charge on any atom is 0.309 e. The topological polar surface area (TPSA) is 93.3 Å². The van der Waals surface area contributed by atoms with Gasteiger partial charge in [-0.05, 0) is 45.0 Å². The summed E-state index contributed by atoms with van der Waals surface area (Å²) in [7, 11) is 0. The highest BCUT2D eigenvalue weighted by Crippen LogP contribution is 2.18. The van der Waals surface area contributed by atoms with Gasteiger partial charge < -0.3 is 10.2 Å². The number of benzene rings is 1. The molecule has 0 aliphatic heterocycles. The summed E-state index contributed by atoms with van der Waals surface area (Å²) in [6, 6.07) is 7.69. The van der Waals surface area contributed by atoms with Gasteiger partial charge in [-0.15, -0.1) is 0 Å². The predicted molar refractivity (Wildman–Crippen MR) is 96.9 cm³/mol. The third-order valence-corrected chi connectivity index (χ3v) is 3.96. The maximum absolute atomic E-state index is 12.0. The Kier molecular flexibility index (Phi) is 6.10. The number of carbonyl (C=O) groups excluding carboxylic acids is 1. The molecule has 0 bridgehead atoms. The van der Waals surface area contributed by atoms with E-state index in [1.165, 1.54) is 10.9 Å². The fourth-order valence-corrected chi connectivity index (χ4v) is 2.59. The molecule has 25 heavy (non-hydrogen) atoms. The van der Waals surface area contributed by atoms with Crippen molar-refractivity contribution < 1.29 is 9.72 Å². The SMILES string of the molecule is CCN(CC)c1ccc(NC(=O)CCn2cc([N+](=O)[O-])c(C)n2)cc1. The number of hydrogen-bond acceptors (Lipinski definition) is 5. The monoisotopic (exact) mass is 345 g/mol. The zero-order valence-corrected chi connectivity index (χ0v) is 14.7. The summed E-state index contributed by atoms with van der Waals surface area (Å²) < 4.78 is 1.43. The van der Waals surface area contributed by atoms with Crippen LogP contribution in [0.4, 0.5) is 17.1 Å². The van der Waals surface area contributed by atoms with Crippen molar-refractivity contribution >= 4 is 23.0 Å². The lowest BCUT2D eigenvalue weighted by molar-refractivity contribution is -0.385. The second kappa shape index (κ2) is 8.27. The van der Waals surface area contributed by atoms with Crippen LogP contribution in [0.1, 0.15) is 26.0 Å². The van der Waals surface area contributed by atoms with Crippen molar-refractivity contribution in [2.75, 3.05) is 23.3 Å². The zero-order chi connectivity index (χ0) is 18.4. The molecule has 0 unspecified atom stereocenters. The van der Waals surface area contributed by atoms with Gasteiger partial charge in [0.1, 0.15) is 11.9 Å². The molecule has 1 amide bonds. The summed E-state index contributed by atoms with van der Waals surface area (Å²) in [6.45, 7) is 7.92. The van der Waals surface area contributed by atoms with Crippen LogP contribution in [0.25, 0.3) is 0 Å². The number of nitrogens with zero attached hydrogens (tertiary/aromatic N) is 4. The van der Waals surface area contributed by atoms with E-state index in [0.717, 1.165) is 24.5 Å². The minimum atomic E-state index is -0.476. The van der Waals surface area contributed by atoms with Gasteiger partial charge in [-0.25, -0.2) is 0 Å². The molecule has 1 aromatic heterocycles. The molecular formula is C17H23N5O3. The summed E-state index contributed by atoms with van der Waals surface area (Å²) >= 11 is 0. The summed E-state index contributed by atoms with van der Waals surface area (Å²) in [5.41, 5.74) is 2.15. The fourth-order valence-electron chi connectivity index (χ4n) is 2.59. The average molecular weight is 345 g/mol. The van der Waals surface area contributed by atoms with Gasteiger partial charge in [0.2, 0.25) is 5.91 Å². The van der Waals surface area contributed by atoms with Crippen molar-refractivity contribution in [2.45, 2.75) is 33.7 Å². The van der Waals surface area contributed by atoms with Gasteiger partial charge in [0, 0.05) is 37.4 Å². The molecule has 8 heteroatoms. The molecule has 0 saturated heterocycles. The lowest BCUT2D eigenvalue weighted by Gasteiger charge is -2.21. The molecule has 0 radical (unpaired) electrons. The molecular weight excluding hydrogens is 322 g/mol. The summed E-state index contributed by atoms with van der Waals surface area (Å²) in [5.74, 6) is -0.161. The van der Waals surface area contributed by atoms with Gasteiger partial charge in [-0.2, -0.15) is 5.10 Å². The molecule has 1 aromatic carbocycles. The predicted octanol–water partition coefficient (Wildman–Crippen LogP) is 2.97. The van der Waals surface area contributed by atoms with Gasteiger partial charge in [0.05, 0.1) is 4.92 Å². The van der Waals surface area contributed by atoms with Crippen molar-refractivity contribution in [2.24, 2.45) is 0 Å². The number of rotatable bonds is 8. The molecule has 1 heterocycles. The number of aromatic nitrogens is 2. The van der Waals surface area contributed by atoms with E-state index in [-0.39, 0.29) is 24.6 Å². The number of nitrogens with one attached hydrogen (secondary N) is 1. The highest BCUT2D eigenvalue weighted by Gasteiger charge is 2.15. The summed E-state index contributed by atoms with van der Waals surface area (Å²) in [6.07, 6.45) is 1.54. The van der Waals surface area contributed by atoms with E-state index in [9.17, 15) is 14.9 Å². The third kappa shape index (κ3) is 4.79. The Labute approximate surface area is 146 Å². The second-order valence-corrected chi connectivity index (χ2v) is 5.64. The average Bonchev–Trinajstić information content (AvgIpc) is 2.97. The number of hydrogen-bond donors (Lipinski definition) is 1. The molecule has 0 aliphatic carbocycles. The molecule has 0 saturated carbocycles. The van der Waals surface area contributed by atoms with Crippen molar-refractivity contribution in [3.8, 4) is 0 Å². The first-order valence-corrected chi connectivity index (χ1v) is 8.27. The first-order chi connectivity index (χ1) is 11.9. The van der Waals surface area contributed by atoms with E-state index < -0.39 is 4.92 Å². The van der Waals surface area contributed by atoms with E-state index in [4.69, 9.17) is 0 Å². The Hall–Kier alpha value is -2.90. The smallest absolute Gasteiger partial charge is 0.309 e. The highest BCUT2D eigenvalue weighted by molar-refractivity contribution is 5.90. The van der Waals surface area contributed by atoms with Crippen LogP contribution in [0.2, 0.25) is 0 Å². The number of nitro groups is 1. The van der Waals surface area contributed by atoms with E-state index in [1.807, 2.05) is 24.3 Å². The second-order valence-electron chi connectivity index (χ2n) is 5.64. The van der Waals surface area contributed by atoms with E-state index in [0.29, 0.717) is 5.69 Å². The van der Waals surface area contributed by atoms with Crippen LogP contribution in [0, 0.1) is 17.0 Å². The van der Waals surface area contributed by atoms with Crippen LogP contribution >= 0.6 is 0 Å². The Balaban J connectivity index is 1.90. The molecule has 0 aliphatic rings.